The van der Waals surface area contributed by atoms with Crippen LogP contribution < -0.4 is 0 Å². The van der Waals surface area contributed by atoms with Gasteiger partial charge in [-0.1, -0.05) is 0 Å². The summed E-state index contributed by atoms with van der Waals surface area (Å²) in [6.07, 6.45) is 0. The van der Waals surface area contributed by atoms with Crippen LogP contribution in [0.4, 0.5) is 0 Å². The first-order valence-electron chi connectivity index (χ1n) is 1.57. The number of rotatable bonds is 0. The summed E-state index contributed by atoms with van der Waals surface area (Å²) in [5, 5.41) is 0. The molecule has 0 bridgehead atoms. The van der Waals surface area contributed by atoms with Crippen LogP contribution in [0.15, 0.2) is 0 Å². The van der Waals surface area contributed by atoms with Gasteiger partial charge in [0, 0.05) is 0 Å². The van der Waals surface area contributed by atoms with Crippen LogP contribution in [0.25, 0.3) is 0 Å². The van der Waals surface area contributed by atoms with E-state index in [0.29, 0.717) is 0 Å². The summed E-state index contributed by atoms with van der Waals surface area (Å²) in [4.78, 5) is 43.1. The number of phosphoric acid groups is 2. The van der Waals surface area contributed by atoms with Gasteiger partial charge >= 0.3 is 67.0 Å². The van der Waals surface area contributed by atoms with Crippen LogP contribution in [-0.4, -0.2) is 97.2 Å². The van der Waals surface area contributed by atoms with E-state index in [1.54, 1.807) is 0 Å². The van der Waals surface area contributed by atoms with Crippen LogP contribution in [-0.2, 0) is 9.13 Å². The van der Waals surface area contributed by atoms with Gasteiger partial charge in [0.15, 0.2) is 0 Å². The Bertz CT molecular complexity index is 126. The third kappa shape index (κ3) is 739. The van der Waals surface area contributed by atoms with Crippen LogP contribution >= 0.6 is 15.6 Å². The maximum absolute atomic E-state index is 8.88. The molecule has 0 aromatic carbocycles. The van der Waals surface area contributed by atoms with Gasteiger partial charge in [0.1, 0.15) is 0 Å². The summed E-state index contributed by atoms with van der Waals surface area (Å²) in [5.41, 5.74) is 0. The molecule has 0 unspecified atom stereocenters. The number of hydrogen-bond acceptors (Lipinski definition) is 2. The topological polar surface area (TPSA) is 250 Å². The van der Waals surface area contributed by atoms with Crippen molar-refractivity contribution >= 4 is 67.0 Å². The maximum atomic E-state index is 8.88. The van der Waals surface area contributed by atoms with Crippen molar-refractivity contribution in [2.45, 2.75) is 0 Å². The molecule has 0 aromatic rings. The molecule has 0 rings (SSSR count). The van der Waals surface area contributed by atoms with E-state index < -0.39 is 15.6 Å². The summed E-state index contributed by atoms with van der Waals surface area (Å²) in [6, 6.07) is 0. The average molecular weight is 290 g/mol. The molecule has 0 aliphatic rings. The molecule has 0 spiro atoms. The SMILES string of the molecule is O.O.O.O=P(O)(O)O.O=P(O)(O)O.[KH]. The standard InChI is InChI=1S/K.2H3O4P.3H2O.H/c;2*1-5(2,3)4;;;;/h;2*(H3,1,2,3,4);3*1H2;. The zero-order chi connectivity index (χ0) is 9.00. The van der Waals surface area contributed by atoms with Crippen molar-refractivity contribution in [2.24, 2.45) is 0 Å². The van der Waals surface area contributed by atoms with Crippen molar-refractivity contribution in [3.63, 3.8) is 0 Å². The van der Waals surface area contributed by atoms with E-state index in [2.05, 4.69) is 0 Å². The molecule has 0 aromatic heterocycles. The van der Waals surface area contributed by atoms with Crippen molar-refractivity contribution < 1.29 is 54.9 Å². The molecule has 14 heavy (non-hydrogen) atoms. The molecule has 0 amide bonds. The molecule has 0 aliphatic heterocycles. The molecule has 0 atom stereocenters. The predicted molar refractivity (Wildman–Crippen MR) is 46.5 cm³/mol. The Morgan fingerprint density at radius 3 is 0.571 bits per heavy atom. The Hall–Kier alpha value is 1.74. The quantitative estimate of drug-likeness (QED) is 0.185. The van der Waals surface area contributed by atoms with Gasteiger partial charge in [0.05, 0.1) is 0 Å². The Morgan fingerprint density at radius 2 is 0.571 bits per heavy atom. The molecule has 14 heteroatoms. The summed E-state index contributed by atoms with van der Waals surface area (Å²) in [6.45, 7) is 0. The molecule has 90 valence electrons. The molecular weight excluding hydrogens is 277 g/mol. The van der Waals surface area contributed by atoms with Crippen molar-refractivity contribution in [3.05, 3.63) is 0 Å². The van der Waals surface area contributed by atoms with Crippen LogP contribution in [0, 0.1) is 0 Å². The van der Waals surface area contributed by atoms with E-state index >= 15 is 0 Å². The predicted octanol–water partition coefficient (Wildman–Crippen LogP) is -4.98. The van der Waals surface area contributed by atoms with E-state index in [-0.39, 0.29) is 67.8 Å². The summed E-state index contributed by atoms with van der Waals surface area (Å²) in [7, 11) is -9.28. The van der Waals surface area contributed by atoms with Crippen LogP contribution in [0.3, 0.4) is 0 Å². The first-order valence-corrected chi connectivity index (χ1v) is 4.70. The number of hydrogen-bond donors (Lipinski definition) is 6. The Balaban J connectivity index is -0.0000000178. The monoisotopic (exact) mass is 290 g/mol. The molecule has 0 saturated carbocycles. The Labute approximate surface area is 121 Å². The normalized spacial score (nSPS) is 8.43. The average Bonchev–Trinajstić information content (AvgIpc) is 1.12. The van der Waals surface area contributed by atoms with E-state index in [0.717, 1.165) is 0 Å². The Morgan fingerprint density at radius 1 is 0.571 bits per heavy atom. The second kappa shape index (κ2) is 14.7. The summed E-state index contributed by atoms with van der Waals surface area (Å²) < 4.78 is 17.8. The van der Waals surface area contributed by atoms with Crippen LogP contribution in [0.1, 0.15) is 0 Å². The van der Waals surface area contributed by atoms with Gasteiger partial charge in [0.25, 0.3) is 0 Å². The second-order valence-corrected chi connectivity index (χ2v) is 3.08. The fourth-order valence-corrected chi connectivity index (χ4v) is 0. The van der Waals surface area contributed by atoms with Crippen molar-refractivity contribution in [3.8, 4) is 0 Å². The Kier molecular flexibility index (Phi) is 37.9. The first-order chi connectivity index (χ1) is 4.00. The molecule has 0 saturated heterocycles. The van der Waals surface area contributed by atoms with Crippen molar-refractivity contribution in [1.29, 1.82) is 0 Å². The van der Waals surface area contributed by atoms with Gasteiger partial charge in [-0.15, -0.1) is 0 Å². The van der Waals surface area contributed by atoms with Crippen molar-refractivity contribution in [1.82, 2.24) is 0 Å². The summed E-state index contributed by atoms with van der Waals surface area (Å²) >= 11 is 0. The summed E-state index contributed by atoms with van der Waals surface area (Å²) in [5.74, 6) is 0. The molecule has 0 aliphatic carbocycles. The van der Waals surface area contributed by atoms with E-state index in [1.807, 2.05) is 0 Å². The second-order valence-electron chi connectivity index (χ2n) is 1.03. The van der Waals surface area contributed by atoms with Gasteiger partial charge in [-0.25, -0.2) is 9.13 Å². The van der Waals surface area contributed by atoms with E-state index in [4.69, 9.17) is 38.5 Å². The zero-order valence-electron chi connectivity index (χ0n) is 5.89. The molecule has 0 heterocycles. The van der Waals surface area contributed by atoms with Crippen LogP contribution in [0.5, 0.6) is 0 Å². The molecule has 11 nitrogen and oxygen atoms in total. The minimum atomic E-state index is -4.64. The molecular formula is H13KO11P2. The third-order valence-corrected chi connectivity index (χ3v) is 0. The fourth-order valence-electron chi connectivity index (χ4n) is 0. The van der Waals surface area contributed by atoms with Gasteiger partial charge in [-0.3, -0.25) is 0 Å². The van der Waals surface area contributed by atoms with Gasteiger partial charge < -0.3 is 45.8 Å². The van der Waals surface area contributed by atoms with E-state index in [9.17, 15) is 0 Å². The fraction of sp³-hybridized carbons (Fsp3) is 0. The zero-order valence-corrected chi connectivity index (χ0v) is 7.68. The molecule has 0 radical (unpaired) electrons. The van der Waals surface area contributed by atoms with Gasteiger partial charge in [-0.2, -0.15) is 0 Å². The first kappa shape index (κ1) is 36.0. The minimum absolute atomic E-state index is 0. The van der Waals surface area contributed by atoms with Gasteiger partial charge in [-0.05, 0) is 0 Å². The van der Waals surface area contributed by atoms with Crippen LogP contribution in [0.2, 0.25) is 0 Å². The van der Waals surface area contributed by atoms with Crippen molar-refractivity contribution in [2.75, 3.05) is 0 Å². The molecule has 0 fully saturated rings. The third-order valence-electron chi connectivity index (χ3n) is 0. The van der Waals surface area contributed by atoms with E-state index in [1.165, 1.54) is 0 Å². The van der Waals surface area contributed by atoms with Gasteiger partial charge in [0.2, 0.25) is 0 Å². The molecule has 12 N–H and O–H groups in total.